The average molecular weight is 477 g/mol. The van der Waals surface area contributed by atoms with E-state index in [1.165, 1.54) is 12.1 Å². The van der Waals surface area contributed by atoms with Gasteiger partial charge in [0.15, 0.2) is 5.82 Å². The van der Waals surface area contributed by atoms with Crippen molar-refractivity contribution in [3.05, 3.63) is 75.5 Å². The number of nitrogens with zero attached hydrogens (tertiary/aromatic N) is 5. The summed E-state index contributed by atoms with van der Waals surface area (Å²) in [5, 5.41) is 19.1. The monoisotopic (exact) mass is 476 g/mol. The Morgan fingerprint density at radius 2 is 1.89 bits per heavy atom. The lowest BCUT2D eigenvalue weighted by molar-refractivity contribution is -0.384. The smallest absolute Gasteiger partial charge is 0.338 e. The molecule has 0 aliphatic carbocycles. The molecule has 0 spiro atoms. The highest BCUT2D eigenvalue weighted by Gasteiger charge is 2.35. The first-order valence-electron chi connectivity index (χ1n) is 11.6. The Bertz CT molecular complexity index is 1280. The number of ether oxygens (including phenoxy) is 1. The molecule has 35 heavy (non-hydrogen) atoms. The highest BCUT2D eigenvalue weighted by molar-refractivity contribution is 5.92. The van der Waals surface area contributed by atoms with Gasteiger partial charge in [-0.25, -0.2) is 9.48 Å². The molecule has 4 rings (SSSR count). The van der Waals surface area contributed by atoms with Crippen molar-refractivity contribution in [3.8, 4) is 11.4 Å². The summed E-state index contributed by atoms with van der Waals surface area (Å²) in [7, 11) is 0. The number of nitro benzene ring substituents is 1. The van der Waals surface area contributed by atoms with Crippen molar-refractivity contribution in [2.45, 2.75) is 33.7 Å². The molecule has 0 fully saturated rings. The van der Waals surface area contributed by atoms with Crippen molar-refractivity contribution in [1.29, 1.82) is 0 Å². The molecule has 1 unspecified atom stereocenters. The number of anilines is 2. The van der Waals surface area contributed by atoms with E-state index in [-0.39, 0.29) is 12.3 Å². The van der Waals surface area contributed by atoms with Crippen LogP contribution in [0.4, 0.5) is 17.3 Å². The summed E-state index contributed by atoms with van der Waals surface area (Å²) >= 11 is 0. The molecular weight excluding hydrogens is 448 g/mol. The van der Waals surface area contributed by atoms with E-state index in [1.807, 2.05) is 24.3 Å². The summed E-state index contributed by atoms with van der Waals surface area (Å²) in [5.41, 5.74) is 3.45. The Morgan fingerprint density at radius 3 is 2.51 bits per heavy atom. The van der Waals surface area contributed by atoms with Crippen LogP contribution in [-0.2, 0) is 9.53 Å². The van der Waals surface area contributed by atoms with Crippen molar-refractivity contribution < 1.29 is 14.5 Å². The van der Waals surface area contributed by atoms with Gasteiger partial charge in [-0.1, -0.05) is 24.3 Å². The Labute approximate surface area is 203 Å². The minimum atomic E-state index is -0.573. The standard InChI is InChI=1S/C25H28N6O4/c1-5-29(6-2)19-13-11-17(12-14-19)22-21(24(32)35-7-3)16(4)26-25-27-23(28-30(22)25)18-9-8-10-20(15-18)31(33)34/h8-15,22H,5-7H2,1-4H3,(H,26,27,28). The van der Waals surface area contributed by atoms with Gasteiger partial charge in [0.25, 0.3) is 5.69 Å². The van der Waals surface area contributed by atoms with Gasteiger partial charge in [0.05, 0.1) is 17.1 Å². The van der Waals surface area contributed by atoms with Crippen LogP contribution in [0, 0.1) is 10.1 Å². The third kappa shape index (κ3) is 4.59. The topological polar surface area (TPSA) is 115 Å². The van der Waals surface area contributed by atoms with E-state index in [2.05, 4.69) is 34.1 Å². The zero-order valence-corrected chi connectivity index (χ0v) is 20.2. The Morgan fingerprint density at radius 1 is 1.17 bits per heavy atom. The van der Waals surface area contributed by atoms with Crippen molar-refractivity contribution in [2.75, 3.05) is 29.9 Å². The largest absolute Gasteiger partial charge is 0.463 e. The quantitative estimate of drug-likeness (QED) is 0.286. The Hall–Kier alpha value is -4.21. The first-order chi connectivity index (χ1) is 16.9. The van der Waals surface area contributed by atoms with Crippen LogP contribution < -0.4 is 10.2 Å². The molecule has 1 aliphatic rings. The van der Waals surface area contributed by atoms with Crippen molar-refractivity contribution >= 4 is 23.3 Å². The fourth-order valence-electron chi connectivity index (χ4n) is 4.27. The fourth-order valence-corrected chi connectivity index (χ4v) is 4.27. The minimum absolute atomic E-state index is 0.0479. The average Bonchev–Trinajstić information content (AvgIpc) is 3.28. The predicted octanol–water partition coefficient (Wildman–Crippen LogP) is 4.55. The molecule has 1 aliphatic heterocycles. The normalized spacial score (nSPS) is 14.8. The van der Waals surface area contributed by atoms with Gasteiger partial charge < -0.3 is 15.0 Å². The number of benzene rings is 2. The van der Waals surface area contributed by atoms with Crippen LogP contribution in [-0.4, -0.2) is 45.4 Å². The van der Waals surface area contributed by atoms with Gasteiger partial charge in [-0.2, -0.15) is 4.98 Å². The number of fused-ring (bicyclic) bond motifs is 1. The number of non-ortho nitro benzene ring substituents is 1. The number of carbonyl (C=O) groups is 1. The van der Waals surface area contributed by atoms with E-state index < -0.39 is 16.9 Å². The molecule has 10 nitrogen and oxygen atoms in total. The second-order valence-electron chi connectivity index (χ2n) is 8.06. The number of nitro groups is 1. The number of hydrogen-bond donors (Lipinski definition) is 1. The first kappa shape index (κ1) is 23.9. The lowest BCUT2D eigenvalue weighted by Crippen LogP contribution is -2.29. The number of hydrogen-bond acceptors (Lipinski definition) is 8. The van der Waals surface area contributed by atoms with Gasteiger partial charge in [0.2, 0.25) is 5.95 Å². The number of nitrogens with one attached hydrogen (secondary N) is 1. The maximum atomic E-state index is 13.0. The van der Waals surface area contributed by atoms with E-state index in [0.29, 0.717) is 28.6 Å². The number of esters is 1. The van der Waals surface area contributed by atoms with Gasteiger partial charge in [0.1, 0.15) is 6.04 Å². The van der Waals surface area contributed by atoms with Crippen LogP contribution in [0.15, 0.2) is 59.8 Å². The van der Waals surface area contributed by atoms with Crippen molar-refractivity contribution in [1.82, 2.24) is 14.8 Å². The molecule has 2 heterocycles. The van der Waals surface area contributed by atoms with Gasteiger partial charge in [0, 0.05) is 42.2 Å². The summed E-state index contributed by atoms with van der Waals surface area (Å²) in [6, 6.07) is 13.6. The van der Waals surface area contributed by atoms with Crippen molar-refractivity contribution in [3.63, 3.8) is 0 Å². The highest BCUT2D eigenvalue weighted by atomic mass is 16.6. The van der Waals surface area contributed by atoms with Crippen LogP contribution >= 0.6 is 0 Å². The van der Waals surface area contributed by atoms with Gasteiger partial charge in [-0.15, -0.1) is 5.10 Å². The van der Waals surface area contributed by atoms with Crippen LogP contribution in [0.5, 0.6) is 0 Å². The zero-order valence-electron chi connectivity index (χ0n) is 20.2. The number of rotatable bonds is 8. The number of aromatic nitrogens is 3. The molecule has 0 radical (unpaired) electrons. The van der Waals surface area contributed by atoms with Crippen LogP contribution in [0.1, 0.15) is 39.3 Å². The first-order valence-corrected chi connectivity index (χ1v) is 11.6. The molecule has 10 heteroatoms. The molecule has 2 aromatic carbocycles. The van der Waals surface area contributed by atoms with E-state index >= 15 is 0 Å². The summed E-state index contributed by atoms with van der Waals surface area (Å²) in [6.45, 7) is 9.78. The maximum absolute atomic E-state index is 13.0. The lowest BCUT2D eigenvalue weighted by Gasteiger charge is -2.28. The molecule has 1 N–H and O–H groups in total. The molecule has 3 aromatic rings. The van der Waals surface area contributed by atoms with E-state index in [9.17, 15) is 14.9 Å². The van der Waals surface area contributed by atoms with Crippen molar-refractivity contribution in [2.24, 2.45) is 0 Å². The van der Waals surface area contributed by atoms with Crippen LogP contribution in [0.25, 0.3) is 11.4 Å². The van der Waals surface area contributed by atoms with Crippen LogP contribution in [0.3, 0.4) is 0 Å². The summed E-state index contributed by atoms with van der Waals surface area (Å²) < 4.78 is 7.01. The fraction of sp³-hybridized carbons (Fsp3) is 0.320. The zero-order chi connectivity index (χ0) is 25.1. The van der Waals surface area contributed by atoms with E-state index in [0.717, 1.165) is 24.3 Å². The van der Waals surface area contributed by atoms with Gasteiger partial charge in [-0.05, 0) is 45.4 Å². The second-order valence-corrected chi connectivity index (χ2v) is 8.06. The summed E-state index contributed by atoms with van der Waals surface area (Å²) in [5.74, 6) is 0.321. The Kier molecular flexibility index (Phi) is 6.81. The molecule has 0 saturated carbocycles. The molecule has 0 amide bonds. The van der Waals surface area contributed by atoms with Crippen LogP contribution in [0.2, 0.25) is 0 Å². The predicted molar refractivity (Wildman–Crippen MR) is 133 cm³/mol. The summed E-state index contributed by atoms with van der Waals surface area (Å²) in [4.78, 5) is 30.6. The number of carbonyl (C=O) groups excluding carboxylic acids is 1. The molecular formula is C25H28N6O4. The van der Waals surface area contributed by atoms with E-state index in [1.54, 1.807) is 30.7 Å². The minimum Gasteiger partial charge on any atom is -0.463 e. The maximum Gasteiger partial charge on any atom is 0.338 e. The van der Waals surface area contributed by atoms with Gasteiger partial charge >= 0.3 is 5.97 Å². The van der Waals surface area contributed by atoms with Gasteiger partial charge in [-0.3, -0.25) is 10.1 Å². The highest BCUT2D eigenvalue weighted by Crippen LogP contribution is 2.37. The molecule has 0 bridgehead atoms. The molecule has 182 valence electrons. The third-order valence-corrected chi connectivity index (χ3v) is 6.00. The Balaban J connectivity index is 1.82. The summed E-state index contributed by atoms with van der Waals surface area (Å²) in [6.07, 6.45) is 0. The van der Waals surface area contributed by atoms with E-state index in [4.69, 9.17) is 4.74 Å². The third-order valence-electron chi connectivity index (χ3n) is 6.00. The number of allylic oxidation sites excluding steroid dienone is 1. The lowest BCUT2D eigenvalue weighted by atomic mass is 9.95. The second kappa shape index (κ2) is 9.96. The molecule has 1 atom stereocenters. The molecule has 1 aromatic heterocycles. The SMILES string of the molecule is CCOC(=O)C1=C(C)Nc2nc(-c3cccc([N+](=O)[O-])c3)nn2C1c1ccc(N(CC)CC)cc1. The molecule has 0 saturated heterocycles.